The summed E-state index contributed by atoms with van der Waals surface area (Å²) in [5, 5.41) is 31.1. The summed E-state index contributed by atoms with van der Waals surface area (Å²) in [4.78, 5) is 10.1. The van der Waals surface area contributed by atoms with Gasteiger partial charge in [0.2, 0.25) is 5.16 Å². The molecule has 1 N–H and O–H groups in total. The molecule has 0 amide bonds. The number of aliphatic hydroxyl groups excluding tert-OH is 1. The number of nitro benzene ring substituents is 1. The second-order valence-electron chi connectivity index (χ2n) is 3.62. The van der Waals surface area contributed by atoms with E-state index in [1.54, 1.807) is 12.1 Å². The summed E-state index contributed by atoms with van der Waals surface area (Å²) in [6.45, 7) is 0.311. The van der Waals surface area contributed by atoms with Crippen LogP contribution < -0.4 is 0 Å². The first-order chi connectivity index (χ1) is 9.20. The maximum absolute atomic E-state index is 10.5. The van der Waals surface area contributed by atoms with Gasteiger partial charge in [-0.3, -0.25) is 10.1 Å². The van der Waals surface area contributed by atoms with Crippen LogP contribution in [0.1, 0.15) is 5.56 Å². The first-order valence-corrected chi connectivity index (χ1v) is 6.42. The minimum Gasteiger partial charge on any atom is -0.394 e. The van der Waals surface area contributed by atoms with Crippen LogP contribution in [0.2, 0.25) is 0 Å². The van der Waals surface area contributed by atoms with Gasteiger partial charge < -0.3 is 5.11 Å². The van der Waals surface area contributed by atoms with Crippen molar-refractivity contribution in [2.45, 2.75) is 17.5 Å². The van der Waals surface area contributed by atoms with Crippen molar-refractivity contribution in [3.05, 3.63) is 39.9 Å². The van der Waals surface area contributed by atoms with Crippen LogP contribution in [-0.2, 0) is 12.3 Å². The lowest BCUT2D eigenvalue weighted by atomic mass is 10.2. The van der Waals surface area contributed by atoms with E-state index in [-0.39, 0.29) is 12.3 Å². The largest absolute Gasteiger partial charge is 0.394 e. The summed E-state index contributed by atoms with van der Waals surface area (Å²) in [6, 6.07) is 6.33. The summed E-state index contributed by atoms with van der Waals surface area (Å²) >= 11 is 1.41. The molecule has 0 saturated heterocycles. The molecule has 8 nitrogen and oxygen atoms in total. The third kappa shape index (κ3) is 3.48. The Balaban J connectivity index is 1.98. The lowest BCUT2D eigenvalue weighted by Gasteiger charge is -2.02. The van der Waals surface area contributed by atoms with E-state index in [1.807, 2.05) is 0 Å². The van der Waals surface area contributed by atoms with Crippen LogP contribution in [0, 0.1) is 10.1 Å². The molecule has 0 spiro atoms. The molecule has 1 aromatic carbocycles. The van der Waals surface area contributed by atoms with Gasteiger partial charge in [0.05, 0.1) is 18.1 Å². The Morgan fingerprint density at radius 3 is 2.74 bits per heavy atom. The first kappa shape index (κ1) is 13.4. The highest BCUT2D eigenvalue weighted by Gasteiger charge is 2.08. The Morgan fingerprint density at radius 2 is 2.11 bits per heavy atom. The van der Waals surface area contributed by atoms with Gasteiger partial charge in [0.1, 0.15) is 0 Å². The summed E-state index contributed by atoms with van der Waals surface area (Å²) in [5.74, 6) is 0.601. The van der Waals surface area contributed by atoms with Gasteiger partial charge in [0.15, 0.2) is 0 Å². The van der Waals surface area contributed by atoms with E-state index < -0.39 is 4.92 Å². The highest BCUT2D eigenvalue weighted by molar-refractivity contribution is 7.98. The quantitative estimate of drug-likeness (QED) is 0.475. The summed E-state index contributed by atoms with van der Waals surface area (Å²) in [5.41, 5.74) is 1.01. The minimum absolute atomic E-state index is 0.0316. The Morgan fingerprint density at radius 1 is 1.37 bits per heavy atom. The molecule has 0 radical (unpaired) electrons. The number of benzene rings is 1. The average Bonchev–Trinajstić information content (AvgIpc) is 2.85. The van der Waals surface area contributed by atoms with E-state index in [9.17, 15) is 10.1 Å². The Hall–Kier alpha value is -2.00. The predicted molar refractivity (Wildman–Crippen MR) is 67.6 cm³/mol. The highest BCUT2D eigenvalue weighted by atomic mass is 32.2. The van der Waals surface area contributed by atoms with Crippen molar-refractivity contribution in [3.8, 4) is 0 Å². The molecule has 2 aromatic rings. The van der Waals surface area contributed by atoms with Crippen LogP contribution in [-0.4, -0.2) is 36.8 Å². The SMILES string of the molecule is O=[N+]([O-])c1ccc(CSc2nnnn2CCO)cc1. The standard InChI is InChI=1S/C10H11N5O3S/c16-6-5-14-10(11-12-13-14)19-7-8-1-3-9(4-2-8)15(17)18/h1-4,16H,5-7H2. The number of hydrogen-bond donors (Lipinski definition) is 1. The Bertz CT molecular complexity index is 557. The van der Waals surface area contributed by atoms with Crippen LogP contribution >= 0.6 is 11.8 Å². The molecule has 100 valence electrons. The van der Waals surface area contributed by atoms with Crippen LogP contribution in [0.25, 0.3) is 0 Å². The maximum atomic E-state index is 10.5. The van der Waals surface area contributed by atoms with Crippen LogP contribution in [0.3, 0.4) is 0 Å². The van der Waals surface area contributed by atoms with Crippen LogP contribution in [0.4, 0.5) is 5.69 Å². The Labute approximate surface area is 112 Å². The van der Waals surface area contributed by atoms with Crippen LogP contribution in [0.15, 0.2) is 29.4 Å². The van der Waals surface area contributed by atoms with E-state index in [2.05, 4.69) is 15.5 Å². The van der Waals surface area contributed by atoms with Crippen molar-refractivity contribution in [1.29, 1.82) is 0 Å². The second kappa shape index (κ2) is 6.25. The number of nitro groups is 1. The third-order valence-corrected chi connectivity index (χ3v) is 3.35. The molecule has 19 heavy (non-hydrogen) atoms. The summed E-state index contributed by atoms with van der Waals surface area (Å²) in [6.07, 6.45) is 0. The Kier molecular flexibility index (Phi) is 4.42. The summed E-state index contributed by atoms with van der Waals surface area (Å²) < 4.78 is 1.51. The first-order valence-electron chi connectivity index (χ1n) is 5.44. The molecule has 0 aliphatic carbocycles. The van der Waals surface area contributed by atoms with E-state index >= 15 is 0 Å². The fourth-order valence-corrected chi connectivity index (χ4v) is 2.26. The minimum atomic E-state index is -0.432. The number of thioether (sulfide) groups is 1. The number of aromatic nitrogens is 4. The fourth-order valence-electron chi connectivity index (χ4n) is 1.40. The molecule has 1 aromatic heterocycles. The molecule has 0 saturated carbocycles. The smallest absolute Gasteiger partial charge is 0.269 e. The average molecular weight is 281 g/mol. The van der Waals surface area contributed by atoms with Gasteiger partial charge >= 0.3 is 0 Å². The van der Waals surface area contributed by atoms with Crippen molar-refractivity contribution in [1.82, 2.24) is 20.2 Å². The van der Waals surface area contributed by atoms with Crippen molar-refractivity contribution in [2.24, 2.45) is 0 Å². The molecular weight excluding hydrogens is 270 g/mol. The van der Waals surface area contributed by atoms with Gasteiger partial charge in [-0.15, -0.1) is 5.10 Å². The number of non-ortho nitro benzene ring substituents is 1. The number of tetrazole rings is 1. The molecule has 0 fully saturated rings. The van der Waals surface area contributed by atoms with Crippen LogP contribution in [0.5, 0.6) is 0 Å². The van der Waals surface area contributed by atoms with Crippen molar-refractivity contribution in [2.75, 3.05) is 6.61 Å². The molecule has 9 heteroatoms. The predicted octanol–water partition coefficient (Wildman–Crippen LogP) is 0.866. The lowest BCUT2D eigenvalue weighted by Crippen LogP contribution is -2.05. The zero-order valence-corrected chi connectivity index (χ0v) is 10.7. The number of aliphatic hydroxyl groups is 1. The van der Waals surface area contributed by atoms with E-state index in [0.29, 0.717) is 17.5 Å². The summed E-state index contributed by atoms with van der Waals surface area (Å²) in [7, 11) is 0. The zero-order valence-electron chi connectivity index (χ0n) is 9.84. The van der Waals surface area contributed by atoms with E-state index in [0.717, 1.165) is 5.56 Å². The van der Waals surface area contributed by atoms with Gasteiger partial charge in [-0.2, -0.15) is 0 Å². The van der Waals surface area contributed by atoms with Crippen molar-refractivity contribution >= 4 is 17.4 Å². The monoisotopic (exact) mass is 281 g/mol. The molecule has 1 heterocycles. The number of nitrogens with zero attached hydrogens (tertiary/aromatic N) is 5. The van der Waals surface area contributed by atoms with Gasteiger partial charge in [-0.1, -0.05) is 23.9 Å². The molecule has 2 rings (SSSR count). The molecule has 0 aliphatic rings. The van der Waals surface area contributed by atoms with Gasteiger partial charge in [-0.25, -0.2) is 4.68 Å². The van der Waals surface area contributed by atoms with Crippen molar-refractivity contribution in [3.63, 3.8) is 0 Å². The van der Waals surface area contributed by atoms with Gasteiger partial charge in [0, 0.05) is 17.9 Å². The number of rotatable bonds is 6. The van der Waals surface area contributed by atoms with E-state index in [4.69, 9.17) is 5.11 Å². The normalized spacial score (nSPS) is 10.6. The molecule has 0 bridgehead atoms. The second-order valence-corrected chi connectivity index (χ2v) is 4.56. The molecule has 0 atom stereocenters. The van der Waals surface area contributed by atoms with Gasteiger partial charge in [0.25, 0.3) is 5.69 Å². The van der Waals surface area contributed by atoms with Crippen molar-refractivity contribution < 1.29 is 10.0 Å². The van der Waals surface area contributed by atoms with E-state index in [1.165, 1.54) is 28.6 Å². The van der Waals surface area contributed by atoms with Gasteiger partial charge in [-0.05, 0) is 16.0 Å². The maximum Gasteiger partial charge on any atom is 0.269 e. The molecule has 0 aliphatic heterocycles. The highest BCUT2D eigenvalue weighted by Crippen LogP contribution is 2.21. The molecule has 0 unspecified atom stereocenters. The lowest BCUT2D eigenvalue weighted by molar-refractivity contribution is -0.384. The topological polar surface area (TPSA) is 107 Å². The zero-order chi connectivity index (χ0) is 13.7. The third-order valence-electron chi connectivity index (χ3n) is 2.33. The fraction of sp³-hybridized carbons (Fsp3) is 0.300. The number of hydrogen-bond acceptors (Lipinski definition) is 7. The molecular formula is C10H11N5O3S.